The Morgan fingerprint density at radius 1 is 1.13 bits per heavy atom. The van der Waals surface area contributed by atoms with Crippen LogP contribution >= 0.6 is 0 Å². The number of carbonyl (C=O) groups excluding carboxylic acids is 1. The molecule has 0 unspecified atom stereocenters. The Hall–Kier alpha value is -2.52. The van der Waals surface area contributed by atoms with E-state index in [1.54, 1.807) is 17.8 Å². The predicted molar refractivity (Wildman–Crippen MR) is 121 cm³/mol. The minimum Gasteiger partial charge on any atom is -0.355 e. The zero-order chi connectivity index (χ0) is 21.8. The molecule has 168 valence electrons. The van der Waals surface area contributed by atoms with Gasteiger partial charge in [-0.1, -0.05) is 6.92 Å². The fraction of sp³-hybridized carbons (Fsp3) is 0.636. The molecule has 0 bridgehead atoms. The molecule has 0 saturated carbocycles. The van der Waals surface area contributed by atoms with Crippen LogP contribution in [0.15, 0.2) is 23.1 Å². The van der Waals surface area contributed by atoms with Crippen molar-refractivity contribution in [2.75, 3.05) is 63.8 Å². The van der Waals surface area contributed by atoms with Crippen molar-refractivity contribution in [1.29, 1.82) is 0 Å². The van der Waals surface area contributed by atoms with Gasteiger partial charge in [0.25, 0.3) is 5.56 Å². The number of carbonyl (C=O) groups is 1. The van der Waals surface area contributed by atoms with E-state index in [-0.39, 0.29) is 17.4 Å². The first kappa shape index (κ1) is 21.7. The van der Waals surface area contributed by atoms with E-state index in [2.05, 4.69) is 32.0 Å². The van der Waals surface area contributed by atoms with Crippen LogP contribution < -0.4 is 15.8 Å². The van der Waals surface area contributed by atoms with Gasteiger partial charge in [-0.05, 0) is 31.5 Å². The summed E-state index contributed by atoms with van der Waals surface area (Å²) in [6, 6.07) is 3.69. The smallest absolute Gasteiger partial charge is 0.294 e. The molecule has 1 amide bonds. The van der Waals surface area contributed by atoms with Crippen molar-refractivity contribution in [1.82, 2.24) is 29.7 Å². The van der Waals surface area contributed by atoms with Gasteiger partial charge in [-0.25, -0.2) is 9.97 Å². The zero-order valence-electron chi connectivity index (χ0n) is 18.6. The molecular weight excluding hydrogens is 394 g/mol. The van der Waals surface area contributed by atoms with Crippen LogP contribution in [0.1, 0.15) is 19.8 Å². The van der Waals surface area contributed by atoms with Crippen molar-refractivity contribution in [3.8, 4) is 0 Å². The van der Waals surface area contributed by atoms with E-state index in [0.29, 0.717) is 36.6 Å². The van der Waals surface area contributed by atoms with Gasteiger partial charge in [0, 0.05) is 71.5 Å². The Kier molecular flexibility index (Phi) is 6.82. The van der Waals surface area contributed by atoms with E-state index >= 15 is 0 Å². The number of nitrogens with zero attached hydrogens (tertiary/aromatic N) is 6. The van der Waals surface area contributed by atoms with Crippen LogP contribution in [0.25, 0.3) is 11.2 Å². The molecule has 31 heavy (non-hydrogen) atoms. The molecule has 0 aliphatic carbocycles. The van der Waals surface area contributed by atoms with E-state index in [1.807, 2.05) is 17.0 Å². The van der Waals surface area contributed by atoms with E-state index in [4.69, 9.17) is 0 Å². The molecule has 4 rings (SSSR count). The summed E-state index contributed by atoms with van der Waals surface area (Å²) in [6.45, 7) is 10.6. The normalized spacial score (nSPS) is 19.1. The second-order valence-electron chi connectivity index (χ2n) is 8.47. The van der Waals surface area contributed by atoms with Gasteiger partial charge in [0.05, 0.1) is 0 Å². The Balaban J connectivity index is 1.27. The summed E-state index contributed by atoms with van der Waals surface area (Å²) in [5.74, 6) is 0.586. The average Bonchev–Trinajstić information content (AvgIpc) is 2.82. The molecule has 2 saturated heterocycles. The number of pyridine rings is 1. The predicted octanol–water partition coefficient (Wildman–Crippen LogP) is 0.299. The fourth-order valence-corrected chi connectivity index (χ4v) is 4.51. The van der Waals surface area contributed by atoms with Gasteiger partial charge in [-0.15, -0.1) is 0 Å². The first-order valence-corrected chi connectivity index (χ1v) is 11.4. The number of aryl methyl sites for hydroxylation is 1. The summed E-state index contributed by atoms with van der Waals surface area (Å²) < 4.78 is 1.55. The molecule has 0 aromatic carbocycles. The fourth-order valence-electron chi connectivity index (χ4n) is 4.51. The monoisotopic (exact) mass is 427 g/mol. The van der Waals surface area contributed by atoms with Crippen molar-refractivity contribution < 1.29 is 4.79 Å². The highest BCUT2D eigenvalue weighted by atomic mass is 16.2. The summed E-state index contributed by atoms with van der Waals surface area (Å²) in [6.07, 6.45) is 3.13. The molecule has 1 N–H and O–H groups in total. The highest BCUT2D eigenvalue weighted by molar-refractivity contribution is 5.79. The Labute approximate surface area is 183 Å². The molecule has 2 aliphatic heterocycles. The highest BCUT2D eigenvalue weighted by Crippen LogP contribution is 2.21. The van der Waals surface area contributed by atoms with E-state index in [0.717, 1.165) is 52.1 Å². The summed E-state index contributed by atoms with van der Waals surface area (Å²) in [4.78, 5) is 41.1. The quantitative estimate of drug-likeness (QED) is 0.710. The standard InChI is InChI=1S/C22H33N7O2/c1-3-27-13-15-28(16-14-27)12-9-24-21(30)17-6-10-29(11-7-17)20-22(31)26(2)19-18(25-20)5-4-8-23-19/h4-5,8,17H,3,6-7,9-16H2,1-2H3,(H,24,30). The summed E-state index contributed by atoms with van der Waals surface area (Å²) in [5, 5.41) is 3.12. The van der Waals surface area contributed by atoms with Crippen LogP contribution in [0.3, 0.4) is 0 Å². The number of hydrogen-bond acceptors (Lipinski definition) is 7. The van der Waals surface area contributed by atoms with E-state index in [9.17, 15) is 9.59 Å². The molecule has 0 radical (unpaired) electrons. The average molecular weight is 428 g/mol. The number of nitrogens with one attached hydrogen (secondary N) is 1. The number of fused-ring (bicyclic) bond motifs is 1. The number of piperidine rings is 1. The number of anilines is 1. The molecule has 2 aliphatic rings. The van der Waals surface area contributed by atoms with Crippen molar-refractivity contribution in [3.63, 3.8) is 0 Å². The van der Waals surface area contributed by atoms with Crippen LogP contribution in [0, 0.1) is 5.92 Å². The molecule has 4 heterocycles. The van der Waals surface area contributed by atoms with Crippen molar-refractivity contribution in [3.05, 3.63) is 28.7 Å². The Morgan fingerprint density at radius 2 is 1.84 bits per heavy atom. The molecule has 9 heteroatoms. The van der Waals surface area contributed by atoms with Gasteiger partial charge in [0.2, 0.25) is 5.91 Å². The number of amides is 1. The van der Waals surface area contributed by atoms with Crippen LogP contribution in [-0.4, -0.2) is 89.1 Å². The van der Waals surface area contributed by atoms with Crippen LogP contribution in [0.4, 0.5) is 5.82 Å². The van der Waals surface area contributed by atoms with Crippen LogP contribution in [-0.2, 0) is 11.8 Å². The molecule has 9 nitrogen and oxygen atoms in total. The third kappa shape index (κ3) is 4.88. The maximum atomic E-state index is 12.8. The van der Waals surface area contributed by atoms with E-state index in [1.165, 1.54) is 0 Å². The zero-order valence-corrected chi connectivity index (χ0v) is 18.6. The second kappa shape index (κ2) is 9.74. The Morgan fingerprint density at radius 3 is 2.55 bits per heavy atom. The van der Waals surface area contributed by atoms with Gasteiger partial charge in [0.1, 0.15) is 5.52 Å². The summed E-state index contributed by atoms with van der Waals surface area (Å²) in [7, 11) is 1.73. The van der Waals surface area contributed by atoms with Crippen LogP contribution in [0.5, 0.6) is 0 Å². The number of aromatic nitrogens is 3. The molecule has 2 aromatic rings. The van der Waals surface area contributed by atoms with Crippen molar-refractivity contribution in [2.45, 2.75) is 19.8 Å². The second-order valence-corrected chi connectivity index (χ2v) is 8.47. The number of hydrogen-bond donors (Lipinski definition) is 1. The first-order valence-electron chi connectivity index (χ1n) is 11.4. The van der Waals surface area contributed by atoms with Gasteiger partial charge < -0.3 is 15.1 Å². The topological polar surface area (TPSA) is 86.6 Å². The van der Waals surface area contributed by atoms with Crippen LogP contribution in [0.2, 0.25) is 0 Å². The molecule has 0 atom stereocenters. The number of piperazine rings is 1. The summed E-state index contributed by atoms with van der Waals surface area (Å²) in [5.41, 5.74) is 1.15. The first-order chi connectivity index (χ1) is 15.1. The number of rotatable bonds is 6. The molecule has 2 fully saturated rings. The lowest BCUT2D eigenvalue weighted by molar-refractivity contribution is -0.125. The largest absolute Gasteiger partial charge is 0.355 e. The van der Waals surface area contributed by atoms with Gasteiger partial charge in [-0.3, -0.25) is 19.1 Å². The molecule has 0 spiro atoms. The van der Waals surface area contributed by atoms with Gasteiger partial charge in [0.15, 0.2) is 11.5 Å². The SMILES string of the molecule is CCN1CCN(CCNC(=O)C2CCN(c3nc4cccnc4n(C)c3=O)CC2)CC1. The third-order valence-corrected chi connectivity index (χ3v) is 6.61. The lowest BCUT2D eigenvalue weighted by Gasteiger charge is -2.34. The summed E-state index contributed by atoms with van der Waals surface area (Å²) >= 11 is 0. The third-order valence-electron chi connectivity index (χ3n) is 6.61. The maximum Gasteiger partial charge on any atom is 0.294 e. The highest BCUT2D eigenvalue weighted by Gasteiger charge is 2.27. The van der Waals surface area contributed by atoms with Crippen molar-refractivity contribution in [2.24, 2.45) is 13.0 Å². The lowest BCUT2D eigenvalue weighted by atomic mass is 9.96. The Bertz CT molecular complexity index is 960. The van der Waals surface area contributed by atoms with Gasteiger partial charge >= 0.3 is 0 Å². The lowest BCUT2D eigenvalue weighted by Crippen LogP contribution is -2.49. The minimum atomic E-state index is -0.141. The van der Waals surface area contributed by atoms with Gasteiger partial charge in [-0.2, -0.15) is 0 Å². The molecule has 2 aromatic heterocycles. The molecular formula is C22H33N7O2. The minimum absolute atomic E-state index is 0.000774. The number of likely N-dealkylation sites (N-methyl/N-ethyl adjacent to an activating group) is 1. The maximum absolute atomic E-state index is 12.8. The van der Waals surface area contributed by atoms with E-state index < -0.39 is 0 Å². The van der Waals surface area contributed by atoms with Crippen molar-refractivity contribution >= 4 is 22.9 Å².